The third kappa shape index (κ3) is 2.45. The quantitative estimate of drug-likeness (QED) is 0.272. The molecule has 0 spiro atoms. The predicted molar refractivity (Wildman–Crippen MR) is 174 cm³/mol. The molecule has 0 aromatic heterocycles. The highest BCUT2D eigenvalue weighted by atomic mass is 28.3. The monoisotopic (exact) mass is 532 g/mol. The highest BCUT2D eigenvalue weighted by Crippen LogP contribution is 2.45. The van der Waals surface area contributed by atoms with Crippen LogP contribution in [0.2, 0.25) is 26.2 Å². The van der Waals surface area contributed by atoms with E-state index in [1.165, 1.54) is 60.9 Å². The first kappa shape index (κ1) is 22.1. The number of hydrogen-bond donors (Lipinski definition) is 0. The Morgan fingerprint density at radius 2 is 0.821 bits per heavy atom. The number of rotatable bonds is 0. The van der Waals surface area contributed by atoms with Gasteiger partial charge in [0.05, 0.1) is 0 Å². The van der Waals surface area contributed by atoms with Gasteiger partial charge in [-0.25, -0.2) is 0 Å². The average molecular weight is 533 g/mol. The van der Waals surface area contributed by atoms with Crippen LogP contribution in [-0.4, -0.2) is 22.9 Å². The summed E-state index contributed by atoms with van der Waals surface area (Å²) in [5, 5.41) is 6.17. The Morgan fingerprint density at radius 3 is 1.31 bits per heavy atom. The SMILES string of the molecule is C[Si]1(C)c2ccccc2N2c3cccc4c3B(c3cccc1c32)c1cccc2c1N4c1ccccc1[Si]2(C)C. The van der Waals surface area contributed by atoms with E-state index in [0.29, 0.717) is 0 Å². The molecule has 5 heteroatoms. The molecule has 5 aromatic rings. The summed E-state index contributed by atoms with van der Waals surface area (Å²) in [4.78, 5) is 5.22. The molecule has 0 bridgehead atoms. The highest BCUT2D eigenvalue weighted by Gasteiger charge is 2.51. The maximum Gasteiger partial charge on any atom is 0.252 e. The number of hydrogen-bond acceptors (Lipinski definition) is 2. The summed E-state index contributed by atoms with van der Waals surface area (Å²) in [5.74, 6) is 0. The Kier molecular flexibility index (Phi) is 3.98. The van der Waals surface area contributed by atoms with Crippen molar-refractivity contribution < 1.29 is 0 Å². The minimum absolute atomic E-state index is 0.235. The summed E-state index contributed by atoms with van der Waals surface area (Å²) in [6.45, 7) is 10.4. The molecule has 0 saturated carbocycles. The molecule has 39 heavy (non-hydrogen) atoms. The average Bonchev–Trinajstić information content (AvgIpc) is 2.95. The van der Waals surface area contributed by atoms with E-state index in [1.54, 1.807) is 10.4 Å². The minimum Gasteiger partial charge on any atom is -0.312 e. The van der Waals surface area contributed by atoms with Crippen LogP contribution in [0, 0.1) is 0 Å². The smallest absolute Gasteiger partial charge is 0.252 e. The van der Waals surface area contributed by atoms with E-state index < -0.39 is 16.1 Å². The standard InChI is InChI=1S/C34H29BN2Si2/c1-38(2)28-18-7-5-14-24(28)36-26-16-11-17-27-32(26)35(22-12-9-20-30(38)33(22)36)23-13-10-21-31-34(23)37(27)25-15-6-8-19-29(25)39(31,3)4/h5-21H,1-4H3. The number of nitrogens with zero attached hydrogens (tertiary/aromatic N) is 2. The first-order chi connectivity index (χ1) is 18.9. The van der Waals surface area contributed by atoms with E-state index in [4.69, 9.17) is 0 Å². The van der Waals surface area contributed by atoms with Crippen molar-refractivity contribution in [2.75, 3.05) is 9.80 Å². The molecule has 186 valence electrons. The third-order valence-electron chi connectivity index (χ3n) is 10.0. The van der Waals surface area contributed by atoms with Gasteiger partial charge in [-0.3, -0.25) is 0 Å². The van der Waals surface area contributed by atoms with Crippen LogP contribution in [0.3, 0.4) is 0 Å². The van der Waals surface area contributed by atoms with Crippen molar-refractivity contribution >= 4 is 94.1 Å². The summed E-state index contributed by atoms with van der Waals surface area (Å²) in [6.07, 6.45) is 0. The van der Waals surface area contributed by atoms with Gasteiger partial charge in [0.2, 0.25) is 0 Å². The fraction of sp³-hybridized carbons (Fsp3) is 0.118. The largest absolute Gasteiger partial charge is 0.312 e. The first-order valence-corrected chi connectivity index (χ1v) is 20.1. The molecule has 0 unspecified atom stereocenters. The van der Waals surface area contributed by atoms with Crippen molar-refractivity contribution in [1.82, 2.24) is 0 Å². The van der Waals surface area contributed by atoms with Gasteiger partial charge in [-0.1, -0.05) is 105 Å². The molecule has 0 radical (unpaired) electrons. The molecule has 0 aliphatic carbocycles. The first-order valence-electron chi connectivity index (χ1n) is 14.1. The second kappa shape index (κ2) is 7.03. The van der Waals surface area contributed by atoms with Gasteiger partial charge in [0, 0.05) is 34.1 Å². The lowest BCUT2D eigenvalue weighted by Crippen LogP contribution is -2.69. The molecule has 0 amide bonds. The second-order valence-electron chi connectivity index (χ2n) is 12.6. The maximum atomic E-state index is 2.61. The van der Waals surface area contributed by atoms with Crippen molar-refractivity contribution in [1.29, 1.82) is 0 Å². The van der Waals surface area contributed by atoms with Gasteiger partial charge in [0.15, 0.2) is 0 Å². The van der Waals surface area contributed by atoms with Crippen molar-refractivity contribution in [3.63, 3.8) is 0 Å². The van der Waals surface area contributed by atoms with Crippen LogP contribution in [0.15, 0.2) is 103 Å². The van der Waals surface area contributed by atoms with E-state index >= 15 is 0 Å². The van der Waals surface area contributed by atoms with Crippen LogP contribution < -0.4 is 46.9 Å². The van der Waals surface area contributed by atoms with Crippen molar-refractivity contribution in [3.05, 3.63) is 103 Å². The third-order valence-corrected chi connectivity index (χ3v) is 17.1. The molecular weight excluding hydrogens is 503 g/mol. The number of para-hydroxylation sites is 4. The summed E-state index contributed by atoms with van der Waals surface area (Å²) in [7, 11) is -3.75. The van der Waals surface area contributed by atoms with Crippen molar-refractivity contribution in [3.8, 4) is 0 Å². The van der Waals surface area contributed by atoms with Crippen LogP contribution in [0.4, 0.5) is 34.1 Å². The van der Waals surface area contributed by atoms with E-state index in [-0.39, 0.29) is 6.71 Å². The summed E-state index contributed by atoms with van der Waals surface area (Å²) < 4.78 is 0. The van der Waals surface area contributed by atoms with Gasteiger partial charge in [-0.15, -0.1) is 0 Å². The van der Waals surface area contributed by atoms with Crippen LogP contribution >= 0.6 is 0 Å². The van der Waals surface area contributed by atoms with Gasteiger partial charge >= 0.3 is 0 Å². The Balaban J connectivity index is 1.45. The number of fused-ring (bicyclic) bond motifs is 8. The fourth-order valence-electron chi connectivity index (χ4n) is 8.23. The zero-order chi connectivity index (χ0) is 26.3. The van der Waals surface area contributed by atoms with Crippen LogP contribution in [-0.2, 0) is 0 Å². The van der Waals surface area contributed by atoms with E-state index in [1.807, 2.05) is 0 Å². The second-order valence-corrected chi connectivity index (χ2v) is 21.2. The molecule has 0 saturated heterocycles. The highest BCUT2D eigenvalue weighted by molar-refractivity contribution is 7.07. The molecule has 0 atom stereocenters. The summed E-state index contributed by atoms with van der Waals surface area (Å²) in [6, 6.07) is 39.7. The van der Waals surface area contributed by atoms with Crippen LogP contribution in [0.25, 0.3) is 0 Å². The molecule has 5 aromatic carbocycles. The maximum absolute atomic E-state index is 2.61. The topological polar surface area (TPSA) is 6.48 Å². The van der Waals surface area contributed by atoms with Crippen LogP contribution in [0.1, 0.15) is 0 Å². The Bertz CT molecular complexity index is 1780. The lowest BCUT2D eigenvalue weighted by atomic mass is 9.33. The Morgan fingerprint density at radius 1 is 0.436 bits per heavy atom. The molecule has 4 aliphatic heterocycles. The van der Waals surface area contributed by atoms with E-state index in [0.717, 1.165) is 0 Å². The zero-order valence-corrected chi connectivity index (χ0v) is 24.8. The van der Waals surface area contributed by atoms with Gasteiger partial charge < -0.3 is 9.80 Å². The molecule has 2 nitrogen and oxygen atoms in total. The van der Waals surface area contributed by atoms with Gasteiger partial charge in [0.1, 0.15) is 16.1 Å². The van der Waals surface area contributed by atoms with Gasteiger partial charge in [0.25, 0.3) is 6.71 Å². The molecule has 4 heterocycles. The number of benzene rings is 5. The lowest BCUT2D eigenvalue weighted by Gasteiger charge is -2.51. The molecule has 4 aliphatic rings. The Hall–Kier alpha value is -3.80. The van der Waals surface area contributed by atoms with Crippen molar-refractivity contribution in [2.24, 2.45) is 0 Å². The van der Waals surface area contributed by atoms with Crippen molar-refractivity contribution in [2.45, 2.75) is 26.2 Å². The predicted octanol–water partition coefficient (Wildman–Crippen LogP) is 4.04. The Labute approximate surface area is 232 Å². The zero-order valence-electron chi connectivity index (χ0n) is 22.8. The molecular formula is C34H29BN2Si2. The number of anilines is 6. The lowest BCUT2D eigenvalue weighted by molar-refractivity contribution is 1.26. The van der Waals surface area contributed by atoms with E-state index in [2.05, 4.69) is 139 Å². The van der Waals surface area contributed by atoms with Gasteiger partial charge in [-0.2, -0.15) is 0 Å². The fourth-order valence-corrected chi connectivity index (χ4v) is 14.2. The molecule has 9 rings (SSSR count). The van der Waals surface area contributed by atoms with E-state index in [9.17, 15) is 0 Å². The minimum atomic E-state index is -1.87. The normalized spacial score (nSPS) is 17.5. The van der Waals surface area contributed by atoms with Crippen LogP contribution in [0.5, 0.6) is 0 Å². The van der Waals surface area contributed by atoms with Gasteiger partial charge in [-0.05, 0) is 61.4 Å². The molecule has 0 fully saturated rings. The molecule has 0 N–H and O–H groups in total. The summed E-state index contributed by atoms with van der Waals surface area (Å²) in [5.41, 5.74) is 12.7. The summed E-state index contributed by atoms with van der Waals surface area (Å²) >= 11 is 0.